The molecule has 2 heterocycles. The van der Waals surface area contributed by atoms with Crippen molar-refractivity contribution in [2.45, 2.75) is 51.7 Å². The van der Waals surface area contributed by atoms with Gasteiger partial charge in [0.15, 0.2) is 0 Å². The van der Waals surface area contributed by atoms with Gasteiger partial charge in [0, 0.05) is 31.5 Å². The molecule has 1 saturated heterocycles. The molecular weight excluding hydrogens is 346 g/mol. The smallest absolute Gasteiger partial charge is 0.410 e. The molecular formula is C20H27N3O4. The van der Waals surface area contributed by atoms with Crippen LogP contribution >= 0.6 is 0 Å². The first-order valence-corrected chi connectivity index (χ1v) is 9.39. The van der Waals surface area contributed by atoms with Gasteiger partial charge in [0.2, 0.25) is 0 Å². The quantitative estimate of drug-likeness (QED) is 0.894. The molecule has 0 spiro atoms. The average Bonchev–Trinajstić information content (AvgIpc) is 2.63. The lowest BCUT2D eigenvalue weighted by Gasteiger charge is -2.33. The lowest BCUT2D eigenvalue weighted by Crippen LogP contribution is -2.43. The fraction of sp³-hybridized carbons (Fsp3) is 0.550. The molecule has 7 heteroatoms. The van der Waals surface area contributed by atoms with Crippen molar-refractivity contribution in [1.82, 2.24) is 14.7 Å². The molecule has 1 aromatic carbocycles. The molecule has 1 aliphatic heterocycles. The van der Waals surface area contributed by atoms with Crippen molar-refractivity contribution < 1.29 is 14.6 Å². The van der Waals surface area contributed by atoms with Gasteiger partial charge in [-0.15, -0.1) is 0 Å². The van der Waals surface area contributed by atoms with E-state index in [0.29, 0.717) is 37.7 Å². The van der Waals surface area contributed by atoms with Crippen LogP contribution in [-0.4, -0.2) is 51.2 Å². The van der Waals surface area contributed by atoms with Crippen LogP contribution in [0.4, 0.5) is 4.79 Å². The summed E-state index contributed by atoms with van der Waals surface area (Å²) in [7, 11) is 0. The minimum absolute atomic E-state index is 0.0215. The summed E-state index contributed by atoms with van der Waals surface area (Å²) >= 11 is 0. The summed E-state index contributed by atoms with van der Waals surface area (Å²) in [4.78, 5) is 26.8. The number of likely N-dealkylation sites (tertiary alicyclic amines) is 1. The predicted octanol–water partition coefficient (Wildman–Crippen LogP) is 2.50. The highest BCUT2D eigenvalue weighted by molar-refractivity contribution is 5.83. The third-order valence-corrected chi connectivity index (χ3v) is 4.72. The molecule has 27 heavy (non-hydrogen) atoms. The maximum Gasteiger partial charge on any atom is 0.410 e. The van der Waals surface area contributed by atoms with Crippen molar-refractivity contribution >= 4 is 16.9 Å². The Morgan fingerprint density at radius 1 is 1.22 bits per heavy atom. The second-order valence-electron chi connectivity index (χ2n) is 7.91. The largest absolute Gasteiger partial charge is 0.444 e. The van der Waals surface area contributed by atoms with Gasteiger partial charge in [-0.05, 0) is 39.7 Å². The van der Waals surface area contributed by atoms with Crippen LogP contribution < -0.4 is 5.56 Å². The van der Waals surface area contributed by atoms with E-state index in [2.05, 4.69) is 5.10 Å². The molecule has 0 aliphatic carbocycles. The number of aliphatic hydroxyl groups is 1. The number of piperidine rings is 1. The SMILES string of the molecule is CC(C)(C)OC(=O)N1CCC(n2nc(CCO)c3ccccc3c2=O)CC1. The standard InChI is InChI=1S/C20H27N3O4/c1-20(2,3)27-19(26)22-11-8-14(9-12-22)23-18(25)16-7-5-4-6-15(16)17(21-23)10-13-24/h4-7,14,24H,8-13H2,1-3H3. The number of aliphatic hydroxyl groups excluding tert-OH is 1. The number of rotatable bonds is 3. The fourth-order valence-corrected chi connectivity index (χ4v) is 3.43. The van der Waals surface area contributed by atoms with Crippen LogP contribution in [-0.2, 0) is 11.2 Å². The number of aromatic nitrogens is 2. The van der Waals surface area contributed by atoms with Crippen LogP contribution in [0.25, 0.3) is 10.8 Å². The zero-order valence-electron chi connectivity index (χ0n) is 16.1. The van der Waals surface area contributed by atoms with Crippen molar-refractivity contribution in [2.75, 3.05) is 19.7 Å². The molecule has 2 aromatic rings. The number of benzene rings is 1. The van der Waals surface area contributed by atoms with E-state index in [4.69, 9.17) is 4.74 Å². The van der Waals surface area contributed by atoms with Crippen molar-refractivity contribution in [3.8, 4) is 0 Å². The van der Waals surface area contributed by atoms with Gasteiger partial charge in [-0.2, -0.15) is 5.10 Å². The van der Waals surface area contributed by atoms with Gasteiger partial charge in [-0.25, -0.2) is 9.48 Å². The second-order valence-corrected chi connectivity index (χ2v) is 7.91. The Morgan fingerprint density at radius 2 is 1.85 bits per heavy atom. The lowest BCUT2D eigenvalue weighted by molar-refractivity contribution is 0.0183. The zero-order valence-corrected chi connectivity index (χ0v) is 16.1. The van der Waals surface area contributed by atoms with E-state index < -0.39 is 5.60 Å². The van der Waals surface area contributed by atoms with E-state index in [1.54, 1.807) is 15.6 Å². The molecule has 1 N–H and O–H groups in total. The van der Waals surface area contributed by atoms with Gasteiger partial charge in [-0.1, -0.05) is 18.2 Å². The summed E-state index contributed by atoms with van der Waals surface area (Å²) in [6.45, 7) is 6.56. The molecule has 1 aromatic heterocycles. The van der Waals surface area contributed by atoms with E-state index in [0.717, 1.165) is 11.1 Å². The van der Waals surface area contributed by atoms with Crippen LogP contribution in [0.1, 0.15) is 45.3 Å². The molecule has 0 radical (unpaired) electrons. The third kappa shape index (κ3) is 4.30. The molecule has 0 bridgehead atoms. The first-order chi connectivity index (χ1) is 12.8. The van der Waals surface area contributed by atoms with Crippen LogP contribution in [0.5, 0.6) is 0 Å². The Labute approximate surface area is 158 Å². The van der Waals surface area contributed by atoms with E-state index in [9.17, 15) is 14.7 Å². The van der Waals surface area contributed by atoms with Crippen molar-refractivity contribution in [2.24, 2.45) is 0 Å². The molecule has 1 fully saturated rings. The topological polar surface area (TPSA) is 84.7 Å². The number of carbonyl (C=O) groups excluding carboxylic acids is 1. The van der Waals surface area contributed by atoms with Crippen LogP contribution in [0, 0.1) is 0 Å². The van der Waals surface area contributed by atoms with Crippen molar-refractivity contribution in [3.05, 3.63) is 40.3 Å². The Bertz CT molecular complexity index is 877. The summed E-state index contributed by atoms with van der Waals surface area (Å²) in [5.41, 5.74) is 0.0783. The number of amides is 1. The normalized spacial score (nSPS) is 15.9. The number of carbonyl (C=O) groups is 1. The highest BCUT2D eigenvalue weighted by atomic mass is 16.6. The fourth-order valence-electron chi connectivity index (χ4n) is 3.43. The monoisotopic (exact) mass is 373 g/mol. The third-order valence-electron chi connectivity index (χ3n) is 4.72. The number of hydrogen-bond acceptors (Lipinski definition) is 5. The Kier molecular flexibility index (Phi) is 5.51. The summed E-state index contributed by atoms with van der Waals surface area (Å²) in [6.07, 6.45) is 1.37. The van der Waals surface area contributed by atoms with E-state index in [1.165, 1.54) is 0 Å². The van der Waals surface area contributed by atoms with E-state index in [-0.39, 0.29) is 24.3 Å². The van der Waals surface area contributed by atoms with Crippen molar-refractivity contribution in [3.63, 3.8) is 0 Å². The van der Waals surface area contributed by atoms with Crippen LogP contribution in [0.3, 0.4) is 0 Å². The lowest BCUT2D eigenvalue weighted by atomic mass is 10.0. The molecule has 0 atom stereocenters. The molecule has 146 valence electrons. The summed E-state index contributed by atoms with van der Waals surface area (Å²) in [6, 6.07) is 7.30. The van der Waals surface area contributed by atoms with Gasteiger partial charge >= 0.3 is 6.09 Å². The van der Waals surface area contributed by atoms with Crippen LogP contribution in [0.15, 0.2) is 29.1 Å². The molecule has 0 saturated carbocycles. The molecule has 0 unspecified atom stereocenters. The average molecular weight is 373 g/mol. The zero-order chi connectivity index (χ0) is 19.6. The first kappa shape index (κ1) is 19.4. The maximum atomic E-state index is 12.9. The Morgan fingerprint density at radius 3 is 2.44 bits per heavy atom. The minimum atomic E-state index is -0.524. The Balaban J connectivity index is 1.82. The summed E-state index contributed by atoms with van der Waals surface area (Å²) in [5, 5.41) is 15.3. The second kappa shape index (κ2) is 7.68. The van der Waals surface area contributed by atoms with Gasteiger partial charge in [0.05, 0.1) is 17.1 Å². The van der Waals surface area contributed by atoms with Gasteiger partial charge in [0.25, 0.3) is 5.56 Å². The number of hydrogen-bond donors (Lipinski definition) is 1. The highest BCUT2D eigenvalue weighted by Crippen LogP contribution is 2.24. The number of fused-ring (bicyclic) bond motifs is 1. The predicted molar refractivity (Wildman–Crippen MR) is 103 cm³/mol. The van der Waals surface area contributed by atoms with Crippen LogP contribution in [0.2, 0.25) is 0 Å². The van der Waals surface area contributed by atoms with Gasteiger partial charge in [0.1, 0.15) is 5.60 Å². The summed E-state index contributed by atoms with van der Waals surface area (Å²) < 4.78 is 6.97. The molecule has 3 rings (SSSR count). The van der Waals surface area contributed by atoms with Crippen molar-refractivity contribution in [1.29, 1.82) is 0 Å². The molecule has 1 aliphatic rings. The molecule has 7 nitrogen and oxygen atoms in total. The Hall–Kier alpha value is -2.41. The maximum absolute atomic E-state index is 12.9. The highest BCUT2D eigenvalue weighted by Gasteiger charge is 2.29. The summed E-state index contributed by atoms with van der Waals surface area (Å²) in [5.74, 6) is 0. The van der Waals surface area contributed by atoms with E-state index in [1.807, 2.05) is 39.0 Å². The number of nitrogens with zero attached hydrogens (tertiary/aromatic N) is 3. The van der Waals surface area contributed by atoms with Gasteiger partial charge < -0.3 is 14.7 Å². The minimum Gasteiger partial charge on any atom is -0.444 e. The molecule has 1 amide bonds. The van der Waals surface area contributed by atoms with Gasteiger partial charge in [-0.3, -0.25) is 4.79 Å². The van der Waals surface area contributed by atoms with E-state index >= 15 is 0 Å². The first-order valence-electron chi connectivity index (χ1n) is 9.39. The number of ether oxygens (including phenoxy) is 1.